The molecule has 0 N–H and O–H groups in total. The maximum absolute atomic E-state index is 12.3. The standard InChI is InChI=1S/C12H9NO4S2/c1-13-9(7-8-3-2-5-17-8)11(14)12-10(4-6-18-12)19(13,15)16/h2-7H,1H3/b9-7+. The molecule has 0 amide bonds. The Morgan fingerprint density at radius 1 is 1.37 bits per heavy atom. The van der Waals surface area contributed by atoms with Crippen molar-refractivity contribution in [3.05, 3.63) is 46.2 Å². The lowest BCUT2D eigenvalue weighted by Crippen LogP contribution is -2.35. The molecule has 0 bridgehead atoms. The molecule has 19 heavy (non-hydrogen) atoms. The molecule has 1 aliphatic rings. The number of Topliss-reactive ketones (excluding diaryl/α,β-unsaturated/α-hetero) is 1. The fourth-order valence-electron chi connectivity index (χ4n) is 1.87. The van der Waals surface area contributed by atoms with Crippen LogP contribution >= 0.6 is 11.3 Å². The SMILES string of the molecule is CN1/C(=C/c2ccco2)C(=O)c2sccc2S1(=O)=O. The molecule has 0 spiro atoms. The summed E-state index contributed by atoms with van der Waals surface area (Å²) in [5.41, 5.74) is 0.0879. The minimum absolute atomic E-state index is 0.0709. The number of allylic oxidation sites excluding steroid dienone is 1. The topological polar surface area (TPSA) is 67.6 Å². The summed E-state index contributed by atoms with van der Waals surface area (Å²) in [5, 5.41) is 1.60. The van der Waals surface area contributed by atoms with Gasteiger partial charge >= 0.3 is 0 Å². The van der Waals surface area contributed by atoms with Gasteiger partial charge in [-0.05, 0) is 23.6 Å². The number of fused-ring (bicyclic) bond motifs is 1. The van der Waals surface area contributed by atoms with Crippen LogP contribution in [-0.4, -0.2) is 25.6 Å². The molecule has 3 rings (SSSR count). The van der Waals surface area contributed by atoms with Crippen molar-refractivity contribution in [2.75, 3.05) is 7.05 Å². The van der Waals surface area contributed by atoms with Gasteiger partial charge in [-0.3, -0.25) is 9.10 Å². The molecular weight excluding hydrogens is 286 g/mol. The van der Waals surface area contributed by atoms with E-state index in [1.54, 1.807) is 17.5 Å². The lowest BCUT2D eigenvalue weighted by Gasteiger charge is -2.25. The van der Waals surface area contributed by atoms with Gasteiger partial charge in [0.15, 0.2) is 0 Å². The van der Waals surface area contributed by atoms with Gasteiger partial charge in [0, 0.05) is 13.1 Å². The lowest BCUT2D eigenvalue weighted by molar-refractivity contribution is 0.101. The summed E-state index contributed by atoms with van der Waals surface area (Å²) in [4.78, 5) is 12.6. The van der Waals surface area contributed by atoms with Crippen LogP contribution in [0.25, 0.3) is 6.08 Å². The summed E-state index contributed by atoms with van der Waals surface area (Å²) < 4.78 is 30.6. The van der Waals surface area contributed by atoms with Crippen molar-refractivity contribution in [2.24, 2.45) is 0 Å². The van der Waals surface area contributed by atoms with Crippen LogP contribution in [-0.2, 0) is 10.0 Å². The molecular formula is C12H9NO4S2. The number of hydrogen-bond donors (Lipinski definition) is 0. The molecule has 0 aromatic carbocycles. The number of ketones is 1. The second-order valence-electron chi connectivity index (χ2n) is 3.96. The van der Waals surface area contributed by atoms with Gasteiger partial charge < -0.3 is 4.42 Å². The third-order valence-corrected chi connectivity index (χ3v) is 5.72. The summed E-state index contributed by atoms with van der Waals surface area (Å²) in [7, 11) is -2.29. The zero-order valence-corrected chi connectivity index (χ0v) is 11.5. The number of rotatable bonds is 1. The van der Waals surface area contributed by atoms with Crippen molar-refractivity contribution in [1.82, 2.24) is 4.31 Å². The van der Waals surface area contributed by atoms with Crippen LogP contribution in [0.15, 0.2) is 44.9 Å². The summed E-state index contributed by atoms with van der Waals surface area (Å²) in [5.74, 6) is 0.129. The quantitative estimate of drug-likeness (QED) is 0.756. The molecule has 0 fully saturated rings. The Balaban J connectivity index is 2.22. The molecule has 2 aromatic rings. The van der Waals surface area contributed by atoms with Gasteiger partial charge in [0.2, 0.25) is 5.78 Å². The highest BCUT2D eigenvalue weighted by atomic mass is 32.2. The van der Waals surface area contributed by atoms with Crippen molar-refractivity contribution in [3.63, 3.8) is 0 Å². The van der Waals surface area contributed by atoms with Gasteiger partial charge in [0.1, 0.15) is 16.4 Å². The monoisotopic (exact) mass is 295 g/mol. The van der Waals surface area contributed by atoms with Crippen molar-refractivity contribution in [2.45, 2.75) is 4.90 Å². The van der Waals surface area contributed by atoms with Crippen molar-refractivity contribution < 1.29 is 17.6 Å². The summed E-state index contributed by atoms with van der Waals surface area (Å²) >= 11 is 1.13. The summed E-state index contributed by atoms with van der Waals surface area (Å²) in [6.07, 6.45) is 2.90. The van der Waals surface area contributed by atoms with Crippen LogP contribution in [0.5, 0.6) is 0 Å². The molecule has 0 atom stereocenters. The molecule has 5 nitrogen and oxygen atoms in total. The van der Waals surface area contributed by atoms with Crippen LogP contribution in [0.1, 0.15) is 15.4 Å². The van der Waals surface area contributed by atoms with Gasteiger partial charge in [0.25, 0.3) is 10.0 Å². The van der Waals surface area contributed by atoms with Crippen LogP contribution in [0, 0.1) is 0 Å². The van der Waals surface area contributed by atoms with Crippen molar-refractivity contribution >= 4 is 33.2 Å². The van der Waals surface area contributed by atoms with Gasteiger partial charge in [-0.2, -0.15) is 0 Å². The molecule has 0 aliphatic carbocycles. The first-order chi connectivity index (χ1) is 9.01. The smallest absolute Gasteiger partial charge is 0.265 e. The number of hydrogen-bond acceptors (Lipinski definition) is 5. The normalized spacial score (nSPS) is 19.7. The predicted octanol–water partition coefficient (Wildman–Crippen LogP) is 2.20. The van der Waals surface area contributed by atoms with Gasteiger partial charge in [-0.25, -0.2) is 8.42 Å². The Hall–Kier alpha value is -1.86. The Morgan fingerprint density at radius 3 is 2.84 bits per heavy atom. The Labute approximate surface area is 113 Å². The third-order valence-electron chi connectivity index (χ3n) is 2.87. The van der Waals surface area contributed by atoms with Crippen molar-refractivity contribution in [1.29, 1.82) is 0 Å². The first-order valence-electron chi connectivity index (χ1n) is 5.38. The minimum Gasteiger partial charge on any atom is -0.465 e. The summed E-state index contributed by atoms with van der Waals surface area (Å²) in [6.45, 7) is 0. The highest BCUT2D eigenvalue weighted by Crippen LogP contribution is 2.35. The Bertz CT molecular complexity index is 769. The fraction of sp³-hybridized carbons (Fsp3) is 0.0833. The molecule has 98 valence electrons. The predicted molar refractivity (Wildman–Crippen MR) is 70.3 cm³/mol. The average Bonchev–Trinajstić information content (AvgIpc) is 3.03. The van der Waals surface area contributed by atoms with Gasteiger partial charge in [-0.15, -0.1) is 11.3 Å². The third kappa shape index (κ3) is 1.73. The number of thiophene rings is 1. The number of carbonyl (C=O) groups excluding carboxylic acids is 1. The lowest BCUT2D eigenvalue weighted by atomic mass is 10.2. The van der Waals surface area contributed by atoms with E-state index in [9.17, 15) is 13.2 Å². The van der Waals surface area contributed by atoms with Crippen LogP contribution in [0.2, 0.25) is 0 Å². The van der Waals surface area contributed by atoms with E-state index in [2.05, 4.69) is 0 Å². The highest BCUT2D eigenvalue weighted by Gasteiger charge is 2.38. The maximum atomic E-state index is 12.3. The largest absolute Gasteiger partial charge is 0.465 e. The van der Waals surface area contributed by atoms with E-state index in [0.29, 0.717) is 5.76 Å². The van der Waals surface area contributed by atoms with E-state index < -0.39 is 10.0 Å². The highest BCUT2D eigenvalue weighted by molar-refractivity contribution is 7.89. The Kier molecular flexibility index (Phi) is 2.61. The van der Waals surface area contributed by atoms with E-state index in [1.165, 1.54) is 25.5 Å². The second-order valence-corrected chi connectivity index (χ2v) is 6.81. The number of furan rings is 1. The van der Waals surface area contributed by atoms with Crippen LogP contribution < -0.4 is 0 Å². The zero-order chi connectivity index (χ0) is 13.6. The Morgan fingerprint density at radius 2 is 2.16 bits per heavy atom. The van der Waals surface area contributed by atoms with Crippen LogP contribution in [0.3, 0.4) is 0 Å². The molecule has 2 aromatic heterocycles. The molecule has 0 unspecified atom stereocenters. The zero-order valence-electron chi connectivity index (χ0n) is 9.86. The van der Waals surface area contributed by atoms with Crippen molar-refractivity contribution in [3.8, 4) is 0 Å². The van der Waals surface area contributed by atoms with E-state index in [4.69, 9.17) is 4.42 Å². The van der Waals surface area contributed by atoms with E-state index >= 15 is 0 Å². The van der Waals surface area contributed by atoms with Crippen LogP contribution in [0.4, 0.5) is 0 Å². The van der Waals surface area contributed by atoms with E-state index in [-0.39, 0.29) is 21.3 Å². The number of likely N-dealkylation sites (N-methyl/N-ethyl adjacent to an activating group) is 1. The molecule has 0 radical (unpaired) electrons. The van der Waals surface area contributed by atoms with E-state index in [1.807, 2.05) is 0 Å². The molecule has 0 saturated heterocycles. The molecule has 1 aliphatic heterocycles. The number of nitrogens with zero attached hydrogens (tertiary/aromatic N) is 1. The first-order valence-corrected chi connectivity index (χ1v) is 7.70. The van der Waals surface area contributed by atoms with E-state index in [0.717, 1.165) is 15.6 Å². The molecule has 0 saturated carbocycles. The molecule has 3 heterocycles. The number of sulfonamides is 1. The fourth-order valence-corrected chi connectivity index (χ4v) is 4.41. The summed E-state index contributed by atoms with van der Waals surface area (Å²) in [6, 6.07) is 4.78. The first kappa shape index (κ1) is 12.2. The molecule has 7 heteroatoms. The average molecular weight is 295 g/mol. The maximum Gasteiger partial charge on any atom is 0.265 e. The van der Waals surface area contributed by atoms with Gasteiger partial charge in [0.05, 0.1) is 11.1 Å². The number of carbonyl (C=O) groups is 1. The minimum atomic E-state index is -3.65. The van der Waals surface area contributed by atoms with Gasteiger partial charge in [-0.1, -0.05) is 0 Å². The second kappa shape index (κ2) is 4.07.